The van der Waals surface area contributed by atoms with Gasteiger partial charge < -0.3 is 15.2 Å². The van der Waals surface area contributed by atoms with E-state index in [2.05, 4.69) is 20.8 Å². The molecule has 0 fully saturated rings. The van der Waals surface area contributed by atoms with Gasteiger partial charge in [0.2, 0.25) is 5.91 Å². The van der Waals surface area contributed by atoms with E-state index in [4.69, 9.17) is 0 Å². The first-order chi connectivity index (χ1) is 16.3. The molecule has 0 radical (unpaired) electrons. The zero-order chi connectivity index (χ0) is 24.7. The van der Waals surface area contributed by atoms with Crippen LogP contribution in [0.2, 0.25) is 0 Å². The van der Waals surface area contributed by atoms with E-state index >= 15 is 0 Å². The van der Waals surface area contributed by atoms with E-state index in [9.17, 15) is 19.7 Å². The number of amides is 2. The zero-order valence-electron chi connectivity index (χ0n) is 19.1. The largest absolute Gasteiger partial charge is 0.351 e. The summed E-state index contributed by atoms with van der Waals surface area (Å²) in [5.74, 6) is 0.0989. The zero-order valence-corrected chi connectivity index (χ0v) is 19.9. The minimum Gasteiger partial charge on any atom is -0.351 e. The summed E-state index contributed by atoms with van der Waals surface area (Å²) in [4.78, 5) is 35.5. The van der Waals surface area contributed by atoms with Crippen LogP contribution in [0.15, 0.2) is 59.8 Å². The van der Waals surface area contributed by atoms with E-state index in [0.717, 1.165) is 5.56 Å². The molecule has 2 N–H and O–H groups in total. The van der Waals surface area contributed by atoms with Crippen molar-refractivity contribution in [1.29, 1.82) is 0 Å². The second-order valence-corrected chi connectivity index (χ2v) is 8.90. The number of carbonyl (C=O) groups excluding carboxylic acids is 2. The maximum atomic E-state index is 12.8. The Morgan fingerprint density at radius 1 is 1.12 bits per heavy atom. The summed E-state index contributed by atoms with van der Waals surface area (Å²) in [5, 5.41) is 25.8. The molecule has 1 aromatic heterocycles. The van der Waals surface area contributed by atoms with Crippen molar-refractivity contribution in [2.45, 2.75) is 31.6 Å². The molecule has 1 heterocycles. The highest BCUT2D eigenvalue weighted by Crippen LogP contribution is 2.25. The van der Waals surface area contributed by atoms with Gasteiger partial charge in [-0.3, -0.25) is 19.7 Å². The predicted octanol–water partition coefficient (Wildman–Crippen LogP) is 3.26. The van der Waals surface area contributed by atoms with E-state index in [0.29, 0.717) is 17.5 Å². The number of hydrogen-bond acceptors (Lipinski definition) is 7. The van der Waals surface area contributed by atoms with Gasteiger partial charge in [-0.1, -0.05) is 62.0 Å². The first kappa shape index (κ1) is 24.9. The van der Waals surface area contributed by atoms with E-state index in [1.807, 2.05) is 44.2 Å². The molecule has 34 heavy (non-hydrogen) atoms. The van der Waals surface area contributed by atoms with Crippen molar-refractivity contribution in [2.24, 2.45) is 13.0 Å². The highest BCUT2D eigenvalue weighted by molar-refractivity contribution is 7.99. The van der Waals surface area contributed by atoms with Crippen LogP contribution in [-0.2, 0) is 18.4 Å². The van der Waals surface area contributed by atoms with E-state index in [-0.39, 0.29) is 28.8 Å². The molecule has 2 amide bonds. The number of nitro benzene ring substituents is 1. The van der Waals surface area contributed by atoms with Crippen LogP contribution in [0.25, 0.3) is 0 Å². The summed E-state index contributed by atoms with van der Waals surface area (Å²) in [5.41, 5.74) is 1.05. The number of carbonyl (C=O) groups is 2. The molecule has 3 aromatic rings. The molecule has 1 atom stereocenters. The van der Waals surface area contributed by atoms with Crippen molar-refractivity contribution >= 4 is 29.3 Å². The van der Waals surface area contributed by atoms with Gasteiger partial charge >= 0.3 is 0 Å². The summed E-state index contributed by atoms with van der Waals surface area (Å²) in [6, 6.07) is 14.7. The van der Waals surface area contributed by atoms with E-state index in [1.54, 1.807) is 11.6 Å². The van der Waals surface area contributed by atoms with E-state index in [1.165, 1.54) is 36.0 Å². The Bertz CT molecular complexity index is 1170. The summed E-state index contributed by atoms with van der Waals surface area (Å²) in [7, 11) is 1.77. The smallest absolute Gasteiger partial charge is 0.270 e. The third kappa shape index (κ3) is 6.41. The molecule has 0 saturated heterocycles. The summed E-state index contributed by atoms with van der Waals surface area (Å²) in [6.07, 6.45) is 0. The number of benzene rings is 2. The first-order valence-corrected chi connectivity index (χ1v) is 11.6. The minimum absolute atomic E-state index is 0.0300. The van der Waals surface area contributed by atoms with Gasteiger partial charge in [-0.25, -0.2) is 0 Å². The number of non-ortho nitro benzene ring substituents is 1. The molecular formula is C23H26N6O4S. The van der Waals surface area contributed by atoms with Crippen LogP contribution >= 0.6 is 11.8 Å². The van der Waals surface area contributed by atoms with Gasteiger partial charge in [0.25, 0.3) is 11.6 Å². The highest BCUT2D eigenvalue weighted by atomic mass is 32.2. The lowest BCUT2D eigenvalue weighted by molar-refractivity contribution is -0.384. The molecular weight excluding hydrogens is 456 g/mol. The lowest BCUT2D eigenvalue weighted by Crippen LogP contribution is -2.33. The number of rotatable bonds is 10. The van der Waals surface area contributed by atoms with E-state index < -0.39 is 16.9 Å². The molecule has 0 aliphatic heterocycles. The van der Waals surface area contributed by atoms with Gasteiger partial charge in [0, 0.05) is 31.3 Å². The number of nitrogens with zero attached hydrogens (tertiary/aromatic N) is 4. The number of nitro groups is 1. The Labute approximate surface area is 201 Å². The maximum Gasteiger partial charge on any atom is 0.270 e. The second-order valence-electron chi connectivity index (χ2n) is 7.95. The lowest BCUT2D eigenvalue weighted by atomic mass is 10.0. The van der Waals surface area contributed by atoms with Crippen molar-refractivity contribution < 1.29 is 14.5 Å². The minimum atomic E-state index is -0.543. The standard InChI is InChI=1S/C23H26N6O4S/c1-15(2)20(25-22(31)17-10-7-11-18(12-17)29(32)33)21-26-27-23(28(21)3)34-14-19(30)24-13-16-8-5-4-6-9-16/h4-12,15,20H,13-14H2,1-3H3,(H,24,30)(H,25,31)/t20-/m1/s1. The summed E-state index contributed by atoms with van der Waals surface area (Å²) < 4.78 is 1.74. The Morgan fingerprint density at radius 2 is 1.85 bits per heavy atom. The van der Waals surface area contributed by atoms with Gasteiger partial charge in [-0.15, -0.1) is 10.2 Å². The van der Waals surface area contributed by atoms with Crippen LogP contribution in [0.4, 0.5) is 5.69 Å². The van der Waals surface area contributed by atoms with Crippen LogP contribution in [0.1, 0.15) is 41.6 Å². The molecule has 0 bridgehead atoms. The number of nitrogens with one attached hydrogen (secondary N) is 2. The molecule has 2 aromatic carbocycles. The third-order valence-corrected chi connectivity index (χ3v) is 6.10. The van der Waals surface area contributed by atoms with Crippen LogP contribution < -0.4 is 10.6 Å². The molecule has 0 spiro atoms. The van der Waals surface area contributed by atoms with Crippen molar-refractivity contribution in [3.8, 4) is 0 Å². The highest BCUT2D eigenvalue weighted by Gasteiger charge is 2.26. The van der Waals surface area contributed by atoms with Gasteiger partial charge in [0.1, 0.15) is 0 Å². The predicted molar refractivity (Wildman–Crippen MR) is 128 cm³/mol. The quantitative estimate of drug-likeness (QED) is 0.257. The van der Waals surface area contributed by atoms with Crippen molar-refractivity contribution in [2.75, 3.05) is 5.75 Å². The van der Waals surface area contributed by atoms with Crippen molar-refractivity contribution in [1.82, 2.24) is 25.4 Å². The Balaban J connectivity index is 1.64. The molecule has 10 nitrogen and oxygen atoms in total. The molecule has 0 aliphatic rings. The molecule has 3 rings (SSSR count). The van der Waals surface area contributed by atoms with Gasteiger partial charge in [-0.05, 0) is 17.5 Å². The van der Waals surface area contributed by atoms with Crippen molar-refractivity contribution in [3.63, 3.8) is 0 Å². The molecule has 178 valence electrons. The maximum absolute atomic E-state index is 12.8. The molecule has 11 heteroatoms. The fraction of sp³-hybridized carbons (Fsp3) is 0.304. The molecule has 0 aliphatic carbocycles. The molecule has 0 saturated carbocycles. The summed E-state index contributed by atoms with van der Waals surface area (Å²) in [6.45, 7) is 4.30. The van der Waals surface area contributed by atoms with Crippen molar-refractivity contribution in [3.05, 3.63) is 81.7 Å². The normalized spacial score (nSPS) is 11.8. The molecule has 0 unspecified atom stereocenters. The van der Waals surface area contributed by atoms with Gasteiger partial charge in [0.15, 0.2) is 11.0 Å². The number of hydrogen-bond donors (Lipinski definition) is 2. The van der Waals surface area contributed by atoms with Crippen LogP contribution in [0.5, 0.6) is 0 Å². The second kappa shape index (κ2) is 11.4. The average Bonchev–Trinajstić information content (AvgIpc) is 3.20. The Hall–Kier alpha value is -3.73. The van der Waals surface area contributed by atoms with Gasteiger partial charge in [0.05, 0.1) is 16.7 Å². The monoisotopic (exact) mass is 482 g/mol. The number of aromatic nitrogens is 3. The van der Waals surface area contributed by atoms with Crippen LogP contribution in [-0.4, -0.2) is 37.3 Å². The lowest BCUT2D eigenvalue weighted by Gasteiger charge is -2.21. The topological polar surface area (TPSA) is 132 Å². The first-order valence-electron chi connectivity index (χ1n) is 10.6. The Morgan fingerprint density at radius 3 is 2.53 bits per heavy atom. The summed E-state index contributed by atoms with van der Waals surface area (Å²) >= 11 is 1.25. The SMILES string of the molecule is CC(C)[C@@H](NC(=O)c1cccc([N+](=O)[O-])c1)c1nnc(SCC(=O)NCc2ccccc2)n1C. The third-order valence-electron chi connectivity index (χ3n) is 5.08. The number of thioether (sulfide) groups is 1. The Kier molecular flexibility index (Phi) is 8.36. The van der Waals surface area contributed by atoms with Crippen LogP contribution in [0, 0.1) is 16.0 Å². The average molecular weight is 483 g/mol. The van der Waals surface area contributed by atoms with Gasteiger partial charge in [-0.2, -0.15) is 0 Å². The van der Waals surface area contributed by atoms with Crippen LogP contribution in [0.3, 0.4) is 0 Å². The fourth-order valence-corrected chi connectivity index (χ4v) is 3.96. The fourth-order valence-electron chi connectivity index (χ4n) is 3.21.